The van der Waals surface area contributed by atoms with Crippen molar-refractivity contribution < 1.29 is 19.1 Å². The van der Waals surface area contributed by atoms with Crippen molar-refractivity contribution in [2.45, 2.75) is 13.0 Å². The van der Waals surface area contributed by atoms with E-state index in [1.54, 1.807) is 31.2 Å². The largest absolute Gasteiger partial charge is 0.465 e. The van der Waals surface area contributed by atoms with Crippen molar-refractivity contribution >= 4 is 17.7 Å². The van der Waals surface area contributed by atoms with Gasteiger partial charge in [0, 0.05) is 7.05 Å². The normalized spacial score (nSPS) is 22.7. The average molecular weight is 261 g/mol. The number of ketones is 1. The summed E-state index contributed by atoms with van der Waals surface area (Å²) >= 11 is 0. The summed E-state index contributed by atoms with van der Waals surface area (Å²) in [5.41, 5.74) is 0.752. The molecule has 1 aromatic carbocycles. The molecule has 1 aromatic rings. The lowest BCUT2D eigenvalue weighted by atomic mass is 9.93. The van der Waals surface area contributed by atoms with E-state index >= 15 is 0 Å². The number of nitrogens with zero attached hydrogens (tertiary/aromatic N) is 1. The second-order valence-electron chi connectivity index (χ2n) is 4.37. The molecule has 2 rings (SSSR count). The van der Waals surface area contributed by atoms with E-state index in [4.69, 9.17) is 4.74 Å². The third-order valence-electron chi connectivity index (χ3n) is 3.23. The van der Waals surface area contributed by atoms with Crippen LogP contribution < -0.4 is 0 Å². The van der Waals surface area contributed by atoms with Gasteiger partial charge in [-0.25, -0.2) is 0 Å². The molecule has 0 N–H and O–H groups in total. The lowest BCUT2D eigenvalue weighted by Gasteiger charge is -2.22. The zero-order chi connectivity index (χ0) is 14.0. The molecule has 1 heterocycles. The highest BCUT2D eigenvalue weighted by atomic mass is 16.5. The highest BCUT2D eigenvalue weighted by Crippen LogP contribution is 2.35. The Morgan fingerprint density at radius 2 is 1.89 bits per heavy atom. The van der Waals surface area contributed by atoms with Gasteiger partial charge in [0.1, 0.15) is 5.92 Å². The van der Waals surface area contributed by atoms with Crippen LogP contribution in [-0.2, 0) is 19.1 Å². The molecule has 0 radical (unpaired) electrons. The molecule has 100 valence electrons. The molecular formula is C14H15NO4. The Kier molecular flexibility index (Phi) is 3.64. The van der Waals surface area contributed by atoms with E-state index in [2.05, 4.69) is 0 Å². The number of hydrogen-bond acceptors (Lipinski definition) is 4. The van der Waals surface area contributed by atoms with Crippen LogP contribution in [0.1, 0.15) is 18.5 Å². The number of likely N-dealkylation sites (tertiary alicyclic amines) is 1. The van der Waals surface area contributed by atoms with Crippen LogP contribution in [0.15, 0.2) is 30.3 Å². The fraction of sp³-hybridized carbons (Fsp3) is 0.357. The van der Waals surface area contributed by atoms with Gasteiger partial charge in [0.15, 0.2) is 0 Å². The minimum Gasteiger partial charge on any atom is -0.465 e. The van der Waals surface area contributed by atoms with Gasteiger partial charge in [-0.05, 0) is 12.5 Å². The number of hydrogen-bond donors (Lipinski definition) is 0. The van der Waals surface area contributed by atoms with Crippen LogP contribution in [0.5, 0.6) is 0 Å². The highest BCUT2D eigenvalue weighted by Gasteiger charge is 2.50. The quantitative estimate of drug-likeness (QED) is 0.461. The van der Waals surface area contributed by atoms with E-state index in [1.807, 2.05) is 6.07 Å². The molecule has 1 saturated heterocycles. The van der Waals surface area contributed by atoms with Crippen LogP contribution in [0.25, 0.3) is 0 Å². The SMILES string of the molecule is CCOC(=O)[C@H]1C(=O)C(=O)N(C)[C@H]1c1ccccc1. The number of Topliss-reactive ketones (excluding diaryl/α,β-unsaturated/α-hetero) is 1. The van der Waals surface area contributed by atoms with Crippen LogP contribution in [0, 0.1) is 5.92 Å². The third-order valence-corrected chi connectivity index (χ3v) is 3.23. The molecule has 0 bridgehead atoms. The third kappa shape index (κ3) is 2.23. The zero-order valence-corrected chi connectivity index (χ0v) is 10.8. The van der Waals surface area contributed by atoms with Gasteiger partial charge in [0.2, 0.25) is 5.78 Å². The first-order chi connectivity index (χ1) is 9.07. The van der Waals surface area contributed by atoms with Crippen molar-refractivity contribution in [1.82, 2.24) is 4.90 Å². The van der Waals surface area contributed by atoms with Crippen molar-refractivity contribution in [3.8, 4) is 0 Å². The van der Waals surface area contributed by atoms with Gasteiger partial charge in [-0.2, -0.15) is 0 Å². The average Bonchev–Trinajstić information content (AvgIpc) is 2.64. The molecule has 2 atom stereocenters. The van der Waals surface area contributed by atoms with E-state index in [0.717, 1.165) is 5.56 Å². The standard InChI is InChI=1S/C14H15NO4/c1-3-19-14(18)10-11(9-7-5-4-6-8-9)15(2)13(17)12(10)16/h4-8,10-11H,3H2,1-2H3/t10-,11+/m1/s1. The monoisotopic (exact) mass is 261 g/mol. The minimum atomic E-state index is -1.07. The number of ether oxygens (including phenoxy) is 1. The highest BCUT2D eigenvalue weighted by molar-refractivity contribution is 6.42. The van der Waals surface area contributed by atoms with Gasteiger partial charge in [-0.3, -0.25) is 14.4 Å². The number of rotatable bonds is 3. The van der Waals surface area contributed by atoms with Gasteiger partial charge in [-0.1, -0.05) is 30.3 Å². The Morgan fingerprint density at radius 3 is 2.47 bits per heavy atom. The van der Waals surface area contributed by atoms with Crippen LogP contribution in [-0.4, -0.2) is 36.2 Å². The number of carbonyl (C=O) groups excluding carboxylic acids is 3. The fourth-order valence-electron chi connectivity index (χ4n) is 2.33. The summed E-state index contributed by atoms with van der Waals surface area (Å²) in [6.07, 6.45) is 0. The fourth-order valence-corrected chi connectivity index (χ4v) is 2.33. The predicted octanol–water partition coefficient (Wildman–Crippen LogP) is 0.948. The summed E-state index contributed by atoms with van der Waals surface area (Å²) in [7, 11) is 1.52. The Bertz CT molecular complexity index is 511. The van der Waals surface area contributed by atoms with Crippen molar-refractivity contribution in [2.24, 2.45) is 5.92 Å². The molecule has 5 nitrogen and oxygen atoms in total. The Balaban J connectivity index is 2.40. The first-order valence-electron chi connectivity index (χ1n) is 6.10. The van der Waals surface area contributed by atoms with Gasteiger partial charge in [0.05, 0.1) is 12.6 Å². The number of carbonyl (C=O) groups is 3. The smallest absolute Gasteiger partial charge is 0.319 e. The summed E-state index contributed by atoms with van der Waals surface area (Å²) in [4.78, 5) is 36.9. The van der Waals surface area contributed by atoms with Crippen LogP contribution in [0.3, 0.4) is 0 Å². The van der Waals surface area contributed by atoms with E-state index in [0.29, 0.717) is 0 Å². The predicted molar refractivity (Wildman–Crippen MR) is 67.1 cm³/mol. The van der Waals surface area contributed by atoms with Crippen molar-refractivity contribution in [3.05, 3.63) is 35.9 Å². The molecule has 19 heavy (non-hydrogen) atoms. The molecule has 1 aliphatic rings. The summed E-state index contributed by atoms with van der Waals surface area (Å²) in [5, 5.41) is 0. The molecule has 0 saturated carbocycles. The van der Waals surface area contributed by atoms with Gasteiger partial charge < -0.3 is 9.64 Å². The number of amides is 1. The molecule has 0 aliphatic carbocycles. The number of benzene rings is 1. The first-order valence-corrected chi connectivity index (χ1v) is 6.10. The van der Waals surface area contributed by atoms with E-state index in [9.17, 15) is 14.4 Å². The summed E-state index contributed by atoms with van der Waals surface area (Å²) < 4.78 is 4.91. The molecule has 0 unspecified atom stereocenters. The number of esters is 1. The Hall–Kier alpha value is -2.17. The molecular weight excluding hydrogens is 246 g/mol. The maximum Gasteiger partial charge on any atom is 0.319 e. The zero-order valence-electron chi connectivity index (χ0n) is 10.8. The lowest BCUT2D eigenvalue weighted by molar-refractivity contribution is -0.152. The van der Waals surface area contributed by atoms with E-state index in [1.165, 1.54) is 11.9 Å². The molecule has 1 fully saturated rings. The summed E-state index contributed by atoms with van der Waals surface area (Å²) in [5.74, 6) is -3.05. The summed E-state index contributed by atoms with van der Waals surface area (Å²) in [6, 6.07) is 8.44. The van der Waals surface area contributed by atoms with E-state index < -0.39 is 29.6 Å². The molecule has 0 spiro atoms. The van der Waals surface area contributed by atoms with Crippen molar-refractivity contribution in [1.29, 1.82) is 0 Å². The lowest BCUT2D eigenvalue weighted by Crippen LogP contribution is -2.28. The molecule has 0 aromatic heterocycles. The van der Waals surface area contributed by atoms with Crippen LogP contribution >= 0.6 is 0 Å². The summed E-state index contributed by atoms with van der Waals surface area (Å²) in [6.45, 7) is 1.85. The second kappa shape index (κ2) is 5.22. The maximum atomic E-state index is 11.9. The molecule has 5 heteroatoms. The van der Waals surface area contributed by atoms with E-state index in [-0.39, 0.29) is 6.61 Å². The van der Waals surface area contributed by atoms with Crippen LogP contribution in [0.2, 0.25) is 0 Å². The second-order valence-corrected chi connectivity index (χ2v) is 4.37. The van der Waals surface area contributed by atoms with Crippen molar-refractivity contribution in [3.63, 3.8) is 0 Å². The van der Waals surface area contributed by atoms with Gasteiger partial charge in [-0.15, -0.1) is 0 Å². The minimum absolute atomic E-state index is 0.183. The van der Waals surface area contributed by atoms with Gasteiger partial charge >= 0.3 is 5.97 Å². The first kappa shape index (κ1) is 13.3. The maximum absolute atomic E-state index is 11.9. The Morgan fingerprint density at radius 1 is 1.26 bits per heavy atom. The number of likely N-dealkylation sites (N-methyl/N-ethyl adjacent to an activating group) is 1. The van der Waals surface area contributed by atoms with Crippen LogP contribution in [0.4, 0.5) is 0 Å². The van der Waals surface area contributed by atoms with Crippen molar-refractivity contribution in [2.75, 3.05) is 13.7 Å². The van der Waals surface area contributed by atoms with Gasteiger partial charge in [0.25, 0.3) is 5.91 Å². The Labute approximate surface area is 111 Å². The molecule has 1 aliphatic heterocycles. The topological polar surface area (TPSA) is 63.7 Å². The molecule has 1 amide bonds.